The monoisotopic (exact) mass is 333 g/mol. The minimum atomic E-state index is -3.61. The van der Waals surface area contributed by atoms with Crippen molar-refractivity contribution in [1.29, 1.82) is 0 Å². The molecule has 1 unspecified atom stereocenters. The minimum absolute atomic E-state index is 0.00255. The molecule has 0 aliphatic carbocycles. The zero-order chi connectivity index (χ0) is 14.3. The molecule has 0 saturated carbocycles. The maximum absolute atomic E-state index is 12.9. The third-order valence-corrected chi connectivity index (χ3v) is 6.89. The summed E-state index contributed by atoms with van der Waals surface area (Å²) in [6.07, 6.45) is 5.63. The van der Waals surface area contributed by atoms with Gasteiger partial charge in [0.25, 0.3) is 10.0 Å². The summed E-state index contributed by atoms with van der Waals surface area (Å²) in [5.41, 5.74) is 0. The topological polar surface area (TPSA) is 54.7 Å². The molecule has 2 aromatic heterocycles. The summed E-state index contributed by atoms with van der Waals surface area (Å²) in [5.74, 6) is 0. The normalized spacial score (nSPS) is 22.2. The van der Waals surface area contributed by atoms with E-state index >= 15 is 0 Å². The second-order valence-corrected chi connectivity index (χ2v) is 8.11. The van der Waals surface area contributed by atoms with Crippen LogP contribution in [0.25, 0.3) is 4.96 Å². The van der Waals surface area contributed by atoms with Gasteiger partial charge in [-0.1, -0.05) is 24.4 Å². The van der Waals surface area contributed by atoms with Gasteiger partial charge in [0.2, 0.25) is 0 Å². The van der Waals surface area contributed by atoms with E-state index in [0.717, 1.165) is 25.7 Å². The molecule has 1 fully saturated rings. The summed E-state index contributed by atoms with van der Waals surface area (Å²) in [7, 11) is -3.61. The molecule has 1 saturated heterocycles. The molecule has 0 bridgehead atoms. The van der Waals surface area contributed by atoms with Gasteiger partial charge in [0.15, 0.2) is 15.1 Å². The van der Waals surface area contributed by atoms with Gasteiger partial charge in [0, 0.05) is 24.2 Å². The number of hydrogen-bond donors (Lipinski definition) is 0. The number of thiazole rings is 1. The van der Waals surface area contributed by atoms with E-state index in [9.17, 15) is 8.42 Å². The maximum atomic E-state index is 12.9. The molecule has 2 aromatic rings. The Hall–Kier alpha value is -0.630. The number of fused-ring (bicyclic) bond motifs is 1. The van der Waals surface area contributed by atoms with E-state index in [0.29, 0.717) is 11.5 Å². The number of halogens is 1. The Morgan fingerprint density at radius 1 is 1.40 bits per heavy atom. The first kappa shape index (κ1) is 14.3. The van der Waals surface area contributed by atoms with E-state index in [1.165, 1.54) is 11.3 Å². The van der Waals surface area contributed by atoms with Crippen LogP contribution in [-0.2, 0) is 10.0 Å². The molecule has 8 heteroatoms. The number of rotatable bonds is 2. The predicted octanol–water partition coefficient (Wildman–Crippen LogP) is 3.00. The number of imidazole rings is 1. The summed E-state index contributed by atoms with van der Waals surface area (Å²) < 4.78 is 29.0. The Labute approximate surface area is 127 Å². The summed E-state index contributed by atoms with van der Waals surface area (Å²) in [6, 6.07) is 0.00255. The van der Waals surface area contributed by atoms with Crippen LogP contribution in [-0.4, -0.2) is 34.7 Å². The van der Waals surface area contributed by atoms with Crippen LogP contribution in [0.1, 0.15) is 32.6 Å². The Kier molecular flexibility index (Phi) is 3.79. The molecule has 3 heterocycles. The van der Waals surface area contributed by atoms with Crippen molar-refractivity contribution in [2.45, 2.75) is 43.7 Å². The predicted molar refractivity (Wildman–Crippen MR) is 79.9 cm³/mol. The zero-order valence-electron chi connectivity index (χ0n) is 11.1. The molecular weight excluding hydrogens is 318 g/mol. The molecule has 5 nitrogen and oxygen atoms in total. The number of nitrogens with zero attached hydrogens (tertiary/aromatic N) is 3. The smallest absolute Gasteiger partial charge is 0.262 e. The summed E-state index contributed by atoms with van der Waals surface area (Å²) in [4.78, 5) is 4.73. The van der Waals surface area contributed by atoms with Gasteiger partial charge in [-0.15, -0.1) is 11.3 Å². The fourth-order valence-electron chi connectivity index (χ4n) is 2.69. The lowest BCUT2D eigenvalue weighted by molar-refractivity contribution is 0.340. The third-order valence-electron chi connectivity index (χ3n) is 3.72. The Morgan fingerprint density at radius 3 is 3.00 bits per heavy atom. The third kappa shape index (κ3) is 2.26. The van der Waals surface area contributed by atoms with Gasteiger partial charge in [0.05, 0.1) is 0 Å². The summed E-state index contributed by atoms with van der Waals surface area (Å²) in [5, 5.41) is 1.97. The van der Waals surface area contributed by atoms with Crippen LogP contribution >= 0.6 is 22.9 Å². The summed E-state index contributed by atoms with van der Waals surface area (Å²) in [6.45, 7) is 2.51. The Morgan fingerprint density at radius 2 is 2.20 bits per heavy atom. The molecule has 1 aliphatic rings. The largest absolute Gasteiger partial charge is 0.279 e. The molecule has 20 heavy (non-hydrogen) atoms. The van der Waals surface area contributed by atoms with Gasteiger partial charge in [-0.05, 0) is 19.8 Å². The molecular formula is C12H16ClN3O2S2. The Bertz CT molecular complexity index is 722. The second-order valence-electron chi connectivity index (χ2n) is 5.08. The van der Waals surface area contributed by atoms with Crippen molar-refractivity contribution in [2.75, 3.05) is 6.54 Å². The van der Waals surface area contributed by atoms with Crippen LogP contribution in [0.3, 0.4) is 0 Å². The van der Waals surface area contributed by atoms with Crippen LogP contribution in [0.5, 0.6) is 0 Å². The maximum Gasteiger partial charge on any atom is 0.262 e. The van der Waals surface area contributed by atoms with Gasteiger partial charge >= 0.3 is 0 Å². The van der Waals surface area contributed by atoms with E-state index in [1.807, 2.05) is 12.3 Å². The lowest BCUT2D eigenvalue weighted by atomic mass is 10.1. The number of sulfonamides is 1. The van der Waals surface area contributed by atoms with Gasteiger partial charge < -0.3 is 0 Å². The lowest BCUT2D eigenvalue weighted by Crippen LogP contribution is -2.38. The van der Waals surface area contributed by atoms with Crippen LogP contribution in [0.4, 0.5) is 0 Å². The van der Waals surface area contributed by atoms with E-state index in [2.05, 4.69) is 4.98 Å². The van der Waals surface area contributed by atoms with E-state index in [1.54, 1.807) is 14.9 Å². The minimum Gasteiger partial charge on any atom is -0.279 e. The van der Waals surface area contributed by atoms with E-state index < -0.39 is 10.0 Å². The van der Waals surface area contributed by atoms with E-state index in [-0.39, 0.29) is 16.2 Å². The van der Waals surface area contributed by atoms with Crippen LogP contribution in [0.2, 0.25) is 5.15 Å². The first-order chi connectivity index (χ1) is 9.51. The van der Waals surface area contributed by atoms with Gasteiger partial charge in [-0.25, -0.2) is 13.4 Å². The van der Waals surface area contributed by atoms with Crippen molar-refractivity contribution < 1.29 is 8.42 Å². The fourth-order valence-corrected chi connectivity index (χ4v) is 5.80. The highest BCUT2D eigenvalue weighted by Crippen LogP contribution is 2.30. The molecule has 1 atom stereocenters. The average Bonchev–Trinajstić information content (AvgIpc) is 2.83. The molecule has 0 spiro atoms. The molecule has 110 valence electrons. The first-order valence-electron chi connectivity index (χ1n) is 6.64. The summed E-state index contributed by atoms with van der Waals surface area (Å²) >= 11 is 7.44. The van der Waals surface area contributed by atoms with Crippen molar-refractivity contribution in [3.63, 3.8) is 0 Å². The van der Waals surface area contributed by atoms with E-state index in [4.69, 9.17) is 11.6 Å². The molecule has 1 aliphatic heterocycles. The molecule has 0 N–H and O–H groups in total. The molecule has 3 rings (SSSR count). The van der Waals surface area contributed by atoms with Crippen LogP contribution in [0, 0.1) is 0 Å². The van der Waals surface area contributed by atoms with Crippen molar-refractivity contribution >= 4 is 37.9 Å². The van der Waals surface area contributed by atoms with Gasteiger partial charge in [-0.2, -0.15) is 4.31 Å². The van der Waals surface area contributed by atoms with Crippen molar-refractivity contribution in [1.82, 2.24) is 13.7 Å². The van der Waals surface area contributed by atoms with Crippen molar-refractivity contribution in [3.8, 4) is 0 Å². The van der Waals surface area contributed by atoms with Crippen LogP contribution < -0.4 is 0 Å². The zero-order valence-corrected chi connectivity index (χ0v) is 13.5. The molecule has 0 amide bonds. The Balaban J connectivity index is 2.10. The highest BCUT2D eigenvalue weighted by molar-refractivity contribution is 7.89. The van der Waals surface area contributed by atoms with Crippen molar-refractivity contribution in [3.05, 3.63) is 16.7 Å². The number of hydrogen-bond acceptors (Lipinski definition) is 4. The van der Waals surface area contributed by atoms with Crippen molar-refractivity contribution in [2.24, 2.45) is 0 Å². The average molecular weight is 334 g/mol. The quantitative estimate of drug-likeness (QED) is 0.849. The first-order valence-corrected chi connectivity index (χ1v) is 9.34. The van der Waals surface area contributed by atoms with Gasteiger partial charge in [-0.3, -0.25) is 4.40 Å². The molecule has 0 radical (unpaired) electrons. The highest BCUT2D eigenvalue weighted by Gasteiger charge is 2.34. The SMILES string of the molecule is CC1CCCCCN1S(=O)(=O)c1c(Cl)nc2sccn12. The van der Waals surface area contributed by atoms with Crippen LogP contribution in [0.15, 0.2) is 16.6 Å². The standard InChI is InChI=1S/C12H16ClN3O2S2/c1-9-5-3-2-4-6-16(9)20(17,18)11-10(13)14-12-15(11)7-8-19-12/h7-9H,2-6H2,1H3. The second kappa shape index (κ2) is 5.29. The highest BCUT2D eigenvalue weighted by atomic mass is 35.5. The van der Waals surface area contributed by atoms with Gasteiger partial charge in [0.1, 0.15) is 0 Å². The number of aromatic nitrogens is 2. The molecule has 0 aromatic carbocycles. The lowest BCUT2D eigenvalue weighted by Gasteiger charge is -2.25. The fraction of sp³-hybridized carbons (Fsp3) is 0.583.